The van der Waals surface area contributed by atoms with Crippen LogP contribution >= 0.6 is 34.5 Å². The Hall–Kier alpha value is -2.49. The van der Waals surface area contributed by atoms with E-state index in [1.807, 2.05) is 4.90 Å². The maximum absolute atomic E-state index is 12.9. The molecule has 1 fully saturated rings. The van der Waals surface area contributed by atoms with Crippen molar-refractivity contribution in [1.82, 2.24) is 9.88 Å². The van der Waals surface area contributed by atoms with Crippen LogP contribution in [0.5, 0.6) is 5.75 Å². The van der Waals surface area contributed by atoms with Gasteiger partial charge in [-0.3, -0.25) is 4.79 Å². The van der Waals surface area contributed by atoms with E-state index in [2.05, 4.69) is 4.98 Å². The molecule has 1 aliphatic heterocycles. The minimum Gasteiger partial charge on any atom is -0.505 e. The first-order chi connectivity index (χ1) is 15.1. The molecule has 0 unspecified atom stereocenters. The van der Waals surface area contributed by atoms with Gasteiger partial charge in [-0.25, -0.2) is 4.98 Å². The summed E-state index contributed by atoms with van der Waals surface area (Å²) in [5.74, 6) is -0.439. The van der Waals surface area contributed by atoms with E-state index >= 15 is 0 Å². The van der Waals surface area contributed by atoms with E-state index in [-0.39, 0.29) is 27.4 Å². The first-order valence-electron chi connectivity index (χ1n) is 9.49. The molecule has 1 aromatic heterocycles. The molecule has 168 valence electrons. The number of phenols is 1. The van der Waals surface area contributed by atoms with Crippen LogP contribution in [0.1, 0.15) is 16.1 Å². The number of aromatic nitrogens is 1. The number of thiazole rings is 1. The zero-order valence-electron chi connectivity index (χ0n) is 16.4. The van der Waals surface area contributed by atoms with Gasteiger partial charge in [-0.05, 0) is 36.4 Å². The summed E-state index contributed by atoms with van der Waals surface area (Å²) in [6.45, 7) is 1.84. The second kappa shape index (κ2) is 8.80. The first-order valence-corrected chi connectivity index (χ1v) is 11.1. The Labute approximate surface area is 195 Å². The lowest BCUT2D eigenvalue weighted by Crippen LogP contribution is -2.48. The van der Waals surface area contributed by atoms with Gasteiger partial charge in [0.25, 0.3) is 5.91 Å². The molecule has 0 bridgehead atoms. The minimum absolute atomic E-state index is 0.0926. The van der Waals surface area contributed by atoms with Gasteiger partial charge in [0.05, 0.1) is 15.6 Å². The summed E-state index contributed by atoms with van der Waals surface area (Å²) in [5, 5.41) is 12.1. The number of halogens is 5. The molecule has 1 N–H and O–H groups in total. The largest absolute Gasteiger partial charge is 0.505 e. The van der Waals surface area contributed by atoms with E-state index in [4.69, 9.17) is 23.2 Å². The van der Waals surface area contributed by atoms with Crippen LogP contribution in [-0.4, -0.2) is 47.1 Å². The molecule has 1 aliphatic rings. The lowest BCUT2D eigenvalue weighted by atomic mass is 10.1. The second-order valence-corrected chi connectivity index (χ2v) is 8.82. The predicted octanol–water partition coefficient (Wildman–Crippen LogP) is 5.80. The molecule has 2 aromatic carbocycles. The Morgan fingerprint density at radius 2 is 1.62 bits per heavy atom. The fourth-order valence-corrected chi connectivity index (χ4v) is 4.65. The average Bonchev–Trinajstić information content (AvgIpc) is 3.26. The van der Waals surface area contributed by atoms with Gasteiger partial charge in [-0.2, -0.15) is 13.2 Å². The molecule has 4 rings (SSSR count). The van der Waals surface area contributed by atoms with E-state index in [1.165, 1.54) is 35.6 Å². The molecule has 0 saturated carbocycles. The quantitative estimate of drug-likeness (QED) is 0.492. The van der Waals surface area contributed by atoms with Crippen LogP contribution in [0.15, 0.2) is 41.8 Å². The number of benzene rings is 2. The smallest absolute Gasteiger partial charge is 0.416 e. The Morgan fingerprint density at radius 3 is 2.19 bits per heavy atom. The van der Waals surface area contributed by atoms with Crippen LogP contribution < -0.4 is 4.90 Å². The summed E-state index contributed by atoms with van der Waals surface area (Å²) in [6, 6.07) is 8.07. The van der Waals surface area contributed by atoms with Crippen LogP contribution in [0.2, 0.25) is 10.0 Å². The third kappa shape index (κ3) is 4.65. The number of rotatable bonds is 3. The first kappa shape index (κ1) is 22.7. The molecule has 1 amide bonds. The SMILES string of the molecule is O=C(c1csc(-c2cc(Cl)c(O)c(Cl)c2)n1)N1CCN(c2ccc(C(F)(F)F)cc2)CC1. The van der Waals surface area contributed by atoms with Crippen molar-refractivity contribution in [2.45, 2.75) is 6.18 Å². The van der Waals surface area contributed by atoms with Crippen molar-refractivity contribution in [3.63, 3.8) is 0 Å². The van der Waals surface area contributed by atoms with Gasteiger partial charge in [-0.1, -0.05) is 23.2 Å². The number of carbonyl (C=O) groups excluding carboxylic acids is 1. The van der Waals surface area contributed by atoms with Gasteiger partial charge in [0, 0.05) is 42.8 Å². The fraction of sp³-hybridized carbons (Fsp3) is 0.238. The van der Waals surface area contributed by atoms with Gasteiger partial charge >= 0.3 is 6.18 Å². The van der Waals surface area contributed by atoms with Crippen LogP contribution in [-0.2, 0) is 6.18 Å². The lowest BCUT2D eigenvalue weighted by Gasteiger charge is -2.36. The number of carbonyl (C=O) groups is 1. The number of aromatic hydroxyl groups is 1. The number of hydrogen-bond acceptors (Lipinski definition) is 5. The van der Waals surface area contributed by atoms with Crippen molar-refractivity contribution in [3.05, 3.63) is 63.1 Å². The topological polar surface area (TPSA) is 56.7 Å². The Bertz CT molecular complexity index is 1120. The average molecular weight is 502 g/mol. The standard InChI is InChI=1S/C21H16Cl2F3N3O2S/c22-15-9-12(10-16(23)18(15)30)19-27-17(11-32-19)20(31)29-7-5-28(6-8-29)14-3-1-13(2-4-14)21(24,25)26/h1-4,9-11,30H,5-8H2. The highest BCUT2D eigenvalue weighted by Gasteiger charge is 2.30. The Balaban J connectivity index is 1.41. The third-order valence-electron chi connectivity index (χ3n) is 5.11. The number of hydrogen-bond donors (Lipinski definition) is 1. The lowest BCUT2D eigenvalue weighted by molar-refractivity contribution is -0.137. The molecule has 3 aromatic rings. The molecule has 11 heteroatoms. The highest BCUT2D eigenvalue weighted by atomic mass is 35.5. The predicted molar refractivity (Wildman–Crippen MR) is 119 cm³/mol. The fourth-order valence-electron chi connectivity index (χ4n) is 3.38. The van der Waals surface area contributed by atoms with E-state index < -0.39 is 11.7 Å². The summed E-state index contributed by atoms with van der Waals surface area (Å²) >= 11 is 13.2. The van der Waals surface area contributed by atoms with Crippen molar-refractivity contribution in [2.24, 2.45) is 0 Å². The van der Waals surface area contributed by atoms with Crippen molar-refractivity contribution in [2.75, 3.05) is 31.1 Å². The number of phenolic OH excluding ortho intramolecular Hbond substituents is 1. The van der Waals surface area contributed by atoms with Crippen LogP contribution in [0.25, 0.3) is 10.6 Å². The molecule has 32 heavy (non-hydrogen) atoms. The highest BCUT2D eigenvalue weighted by molar-refractivity contribution is 7.13. The normalized spacial score (nSPS) is 14.7. The summed E-state index contributed by atoms with van der Waals surface area (Å²) in [7, 11) is 0. The summed E-state index contributed by atoms with van der Waals surface area (Å²) in [4.78, 5) is 20.9. The number of alkyl halides is 3. The highest BCUT2D eigenvalue weighted by Crippen LogP contribution is 2.37. The van der Waals surface area contributed by atoms with E-state index in [1.54, 1.807) is 10.3 Å². The zero-order valence-corrected chi connectivity index (χ0v) is 18.7. The van der Waals surface area contributed by atoms with E-state index in [0.717, 1.165) is 12.1 Å². The van der Waals surface area contributed by atoms with Gasteiger partial charge < -0.3 is 14.9 Å². The van der Waals surface area contributed by atoms with Gasteiger partial charge in [0.1, 0.15) is 10.7 Å². The Kier molecular flexibility index (Phi) is 6.24. The minimum atomic E-state index is -4.37. The summed E-state index contributed by atoms with van der Waals surface area (Å²) in [5.41, 5.74) is 0.870. The number of anilines is 1. The van der Waals surface area contributed by atoms with Crippen LogP contribution in [0.4, 0.5) is 18.9 Å². The number of nitrogens with zero attached hydrogens (tertiary/aromatic N) is 3. The van der Waals surface area contributed by atoms with E-state index in [9.17, 15) is 23.1 Å². The maximum atomic E-state index is 12.9. The van der Waals surface area contributed by atoms with E-state index in [0.29, 0.717) is 42.4 Å². The molecule has 0 atom stereocenters. The number of piperazine rings is 1. The maximum Gasteiger partial charge on any atom is 0.416 e. The molecule has 5 nitrogen and oxygen atoms in total. The van der Waals surface area contributed by atoms with Crippen LogP contribution in [0.3, 0.4) is 0 Å². The molecule has 2 heterocycles. The summed E-state index contributed by atoms with van der Waals surface area (Å²) in [6.07, 6.45) is -4.37. The van der Waals surface area contributed by atoms with Gasteiger partial charge in [0.15, 0.2) is 5.75 Å². The van der Waals surface area contributed by atoms with Crippen LogP contribution in [0, 0.1) is 0 Å². The second-order valence-electron chi connectivity index (χ2n) is 7.15. The molecule has 0 aliphatic carbocycles. The Morgan fingerprint density at radius 1 is 1.03 bits per heavy atom. The van der Waals surface area contributed by atoms with Gasteiger partial charge in [-0.15, -0.1) is 11.3 Å². The molecular weight excluding hydrogens is 486 g/mol. The van der Waals surface area contributed by atoms with Crippen molar-refractivity contribution < 1.29 is 23.1 Å². The molecular formula is C21H16Cl2F3N3O2S. The molecule has 1 saturated heterocycles. The molecule has 0 radical (unpaired) electrons. The van der Waals surface area contributed by atoms with Crippen molar-refractivity contribution >= 4 is 46.1 Å². The van der Waals surface area contributed by atoms with Crippen molar-refractivity contribution in [1.29, 1.82) is 0 Å². The third-order valence-corrected chi connectivity index (χ3v) is 6.58. The molecule has 0 spiro atoms. The summed E-state index contributed by atoms with van der Waals surface area (Å²) < 4.78 is 38.2. The zero-order chi connectivity index (χ0) is 23.0. The number of amides is 1. The van der Waals surface area contributed by atoms with Crippen molar-refractivity contribution in [3.8, 4) is 16.3 Å². The monoisotopic (exact) mass is 501 g/mol. The van der Waals surface area contributed by atoms with Gasteiger partial charge in [0.2, 0.25) is 0 Å².